The lowest BCUT2D eigenvalue weighted by Gasteiger charge is -2.20. The number of oxime groups is 1. The van der Waals surface area contributed by atoms with Crippen molar-refractivity contribution in [1.29, 1.82) is 0 Å². The van der Waals surface area contributed by atoms with Gasteiger partial charge in [-0.2, -0.15) is 0 Å². The summed E-state index contributed by atoms with van der Waals surface area (Å²) in [6.45, 7) is -0.196. The zero-order valence-corrected chi connectivity index (χ0v) is 14.6. The predicted molar refractivity (Wildman–Crippen MR) is 98.5 cm³/mol. The number of carboxylic acid groups (broad SMARTS) is 1. The van der Waals surface area contributed by atoms with Crippen molar-refractivity contribution in [1.82, 2.24) is 0 Å². The number of aliphatic hydroxyl groups is 1. The first-order chi connectivity index (χ1) is 13.0. The average molecular weight is 375 g/mol. The first-order valence-corrected chi connectivity index (χ1v) is 7.99. The molecule has 0 saturated carbocycles. The number of carbonyl (C=O) groups is 1. The Bertz CT molecular complexity index is 807. The van der Waals surface area contributed by atoms with Crippen molar-refractivity contribution in [2.45, 2.75) is 6.04 Å². The molecule has 0 aliphatic rings. The maximum Gasteiger partial charge on any atom is 0.330 e. The van der Waals surface area contributed by atoms with Gasteiger partial charge in [-0.1, -0.05) is 5.16 Å². The molecule has 0 aliphatic carbocycles. The monoisotopic (exact) mass is 375 g/mol. The lowest BCUT2D eigenvalue weighted by Crippen LogP contribution is -2.22. The Hall–Kier alpha value is -3.46. The zero-order valence-electron chi connectivity index (χ0n) is 14.6. The van der Waals surface area contributed by atoms with Crippen LogP contribution in [0, 0.1) is 0 Å². The van der Waals surface area contributed by atoms with Gasteiger partial charge < -0.3 is 35.9 Å². The highest BCUT2D eigenvalue weighted by Gasteiger charge is 2.24. The van der Waals surface area contributed by atoms with E-state index in [-0.39, 0.29) is 24.8 Å². The number of nitrogens with zero attached hydrogens (tertiary/aromatic N) is 1. The topological polar surface area (TPSA) is 147 Å². The Morgan fingerprint density at radius 2 is 1.96 bits per heavy atom. The van der Waals surface area contributed by atoms with Gasteiger partial charge in [0.15, 0.2) is 11.9 Å². The summed E-state index contributed by atoms with van der Waals surface area (Å²) in [6, 6.07) is 10.1. The van der Waals surface area contributed by atoms with Crippen molar-refractivity contribution in [3.05, 3.63) is 53.6 Å². The second-order valence-corrected chi connectivity index (χ2v) is 5.45. The number of ether oxygens (including phenoxy) is 2. The van der Waals surface area contributed by atoms with Crippen LogP contribution in [0.3, 0.4) is 0 Å². The summed E-state index contributed by atoms with van der Waals surface area (Å²) in [7, 11) is 1.49. The summed E-state index contributed by atoms with van der Waals surface area (Å²) >= 11 is 0. The van der Waals surface area contributed by atoms with Crippen LogP contribution >= 0.6 is 0 Å². The second kappa shape index (κ2) is 9.30. The molecular weight excluding hydrogens is 354 g/mol. The summed E-state index contributed by atoms with van der Waals surface area (Å²) in [6.07, 6.45) is 0. The maximum atomic E-state index is 11.8. The number of nitrogens with one attached hydrogen (secondary N) is 1. The van der Waals surface area contributed by atoms with Crippen LogP contribution in [0.2, 0.25) is 0 Å². The summed E-state index contributed by atoms with van der Waals surface area (Å²) in [5.74, 6) is -0.378. The highest BCUT2D eigenvalue weighted by Crippen LogP contribution is 2.32. The van der Waals surface area contributed by atoms with E-state index in [9.17, 15) is 9.90 Å². The van der Waals surface area contributed by atoms with Crippen molar-refractivity contribution in [3.8, 4) is 11.5 Å². The first kappa shape index (κ1) is 19.9. The molecule has 0 aromatic heterocycles. The number of anilines is 1. The molecule has 6 N–H and O–H groups in total. The van der Waals surface area contributed by atoms with Crippen LogP contribution in [-0.4, -0.2) is 47.5 Å². The van der Waals surface area contributed by atoms with Gasteiger partial charge >= 0.3 is 5.97 Å². The largest absolute Gasteiger partial charge is 0.497 e. The van der Waals surface area contributed by atoms with E-state index in [2.05, 4.69) is 10.5 Å². The summed E-state index contributed by atoms with van der Waals surface area (Å²) < 4.78 is 10.6. The molecule has 144 valence electrons. The molecule has 0 bridgehead atoms. The SMILES string of the molecule is COc1ccc(C(Nc2ccc(/C(N)=N/O)cc2)C(=O)O)c(OCCO)c1. The smallest absolute Gasteiger partial charge is 0.330 e. The van der Waals surface area contributed by atoms with Crippen molar-refractivity contribution in [2.24, 2.45) is 10.9 Å². The van der Waals surface area contributed by atoms with Gasteiger partial charge in [0.2, 0.25) is 0 Å². The number of rotatable bonds is 9. The third-order valence-corrected chi connectivity index (χ3v) is 3.73. The van der Waals surface area contributed by atoms with E-state index in [1.54, 1.807) is 42.5 Å². The van der Waals surface area contributed by atoms with Crippen LogP contribution in [0.5, 0.6) is 11.5 Å². The highest BCUT2D eigenvalue weighted by atomic mass is 16.5. The number of nitrogens with two attached hydrogens (primary N) is 1. The molecule has 2 aromatic carbocycles. The van der Waals surface area contributed by atoms with E-state index < -0.39 is 12.0 Å². The molecule has 27 heavy (non-hydrogen) atoms. The number of benzene rings is 2. The lowest BCUT2D eigenvalue weighted by molar-refractivity contribution is -0.138. The Labute approximate surface area is 155 Å². The Kier molecular flexibility index (Phi) is 6.84. The minimum absolute atomic E-state index is 0.0149. The number of hydrogen-bond donors (Lipinski definition) is 5. The Balaban J connectivity index is 2.33. The molecule has 0 aliphatic heterocycles. The first-order valence-electron chi connectivity index (χ1n) is 7.99. The number of hydrogen-bond acceptors (Lipinski definition) is 7. The molecule has 0 amide bonds. The van der Waals surface area contributed by atoms with Gasteiger partial charge in [0, 0.05) is 22.9 Å². The summed E-state index contributed by atoms with van der Waals surface area (Å²) in [5.41, 5.74) is 6.89. The molecule has 2 aromatic rings. The van der Waals surface area contributed by atoms with Gasteiger partial charge in [-0.3, -0.25) is 0 Å². The summed E-state index contributed by atoms with van der Waals surface area (Å²) in [4.78, 5) is 11.8. The van der Waals surface area contributed by atoms with Crippen molar-refractivity contribution >= 4 is 17.5 Å². The van der Waals surface area contributed by atoms with Crippen LogP contribution in [0.1, 0.15) is 17.2 Å². The number of amidine groups is 1. The van der Waals surface area contributed by atoms with Crippen molar-refractivity contribution in [3.63, 3.8) is 0 Å². The highest BCUT2D eigenvalue weighted by molar-refractivity contribution is 5.97. The minimum atomic E-state index is -1.12. The van der Waals surface area contributed by atoms with E-state index in [4.69, 9.17) is 25.5 Å². The molecule has 2 rings (SSSR count). The third-order valence-electron chi connectivity index (χ3n) is 3.73. The standard InChI is InChI=1S/C18H21N3O6/c1-26-13-6-7-14(15(10-13)27-9-8-22)16(18(23)24)20-12-4-2-11(3-5-12)17(19)21-25/h2-7,10,16,20,22,25H,8-9H2,1H3,(H2,19,21)(H,23,24). The fourth-order valence-corrected chi connectivity index (χ4v) is 2.39. The van der Waals surface area contributed by atoms with Gasteiger partial charge in [0.25, 0.3) is 0 Å². The van der Waals surface area contributed by atoms with Crippen LogP contribution in [-0.2, 0) is 4.79 Å². The van der Waals surface area contributed by atoms with Gasteiger partial charge in [-0.25, -0.2) is 4.79 Å². The molecule has 9 nitrogen and oxygen atoms in total. The predicted octanol–water partition coefficient (Wildman–Crippen LogP) is 1.40. The molecule has 1 atom stereocenters. The molecule has 0 saturated heterocycles. The molecule has 0 spiro atoms. The van der Waals surface area contributed by atoms with E-state index >= 15 is 0 Å². The van der Waals surface area contributed by atoms with E-state index in [1.165, 1.54) is 7.11 Å². The molecule has 1 unspecified atom stereocenters. The van der Waals surface area contributed by atoms with Crippen molar-refractivity contribution < 1.29 is 29.7 Å². The minimum Gasteiger partial charge on any atom is -0.497 e. The van der Waals surface area contributed by atoms with E-state index in [0.717, 1.165) is 0 Å². The fourth-order valence-electron chi connectivity index (χ4n) is 2.39. The third kappa shape index (κ3) is 5.02. The van der Waals surface area contributed by atoms with Gasteiger partial charge in [-0.15, -0.1) is 0 Å². The fraction of sp³-hybridized carbons (Fsp3) is 0.222. The number of aliphatic carboxylic acids is 1. The average Bonchev–Trinajstić information content (AvgIpc) is 2.70. The van der Waals surface area contributed by atoms with E-state index in [0.29, 0.717) is 22.6 Å². The maximum absolute atomic E-state index is 11.8. The Morgan fingerprint density at radius 3 is 2.52 bits per heavy atom. The van der Waals surface area contributed by atoms with Gasteiger partial charge in [0.1, 0.15) is 18.1 Å². The molecule has 9 heteroatoms. The normalized spacial score (nSPS) is 12.3. The number of carboxylic acids is 1. The van der Waals surface area contributed by atoms with Gasteiger partial charge in [-0.05, 0) is 36.4 Å². The quantitative estimate of drug-likeness (QED) is 0.191. The van der Waals surface area contributed by atoms with Crippen LogP contribution in [0.15, 0.2) is 47.6 Å². The number of aliphatic hydroxyl groups excluding tert-OH is 1. The summed E-state index contributed by atoms with van der Waals surface area (Å²) in [5, 5.41) is 33.2. The molecule has 0 heterocycles. The Morgan fingerprint density at radius 1 is 1.26 bits per heavy atom. The van der Waals surface area contributed by atoms with Crippen LogP contribution < -0.4 is 20.5 Å². The zero-order chi connectivity index (χ0) is 19.8. The molecular formula is C18H21N3O6. The van der Waals surface area contributed by atoms with Crippen molar-refractivity contribution in [2.75, 3.05) is 25.6 Å². The molecule has 0 fully saturated rings. The number of methoxy groups -OCH3 is 1. The van der Waals surface area contributed by atoms with Crippen LogP contribution in [0.4, 0.5) is 5.69 Å². The van der Waals surface area contributed by atoms with E-state index in [1.807, 2.05) is 0 Å². The molecule has 0 radical (unpaired) electrons. The second-order valence-electron chi connectivity index (χ2n) is 5.45. The lowest BCUT2D eigenvalue weighted by atomic mass is 10.0. The van der Waals surface area contributed by atoms with Gasteiger partial charge in [0.05, 0.1) is 13.7 Å². The van der Waals surface area contributed by atoms with Crippen LogP contribution in [0.25, 0.3) is 0 Å².